The summed E-state index contributed by atoms with van der Waals surface area (Å²) in [6, 6.07) is 22.0. The van der Waals surface area contributed by atoms with Gasteiger partial charge in [0.1, 0.15) is 17.7 Å². The molecule has 3 aromatic carbocycles. The summed E-state index contributed by atoms with van der Waals surface area (Å²) in [7, 11) is 1.26. The fraction of sp³-hybridized carbons (Fsp3) is 0.375. The Hall–Kier alpha value is -3.56. The number of methoxy groups -OCH3 is 1. The van der Waals surface area contributed by atoms with E-state index in [1.165, 1.54) is 24.8 Å². The van der Waals surface area contributed by atoms with Gasteiger partial charge in [-0.3, -0.25) is 9.80 Å². The average molecular weight is 578 g/mol. The van der Waals surface area contributed by atoms with Gasteiger partial charge in [0.15, 0.2) is 0 Å². The SMILES string of the molecule is COC(=O)c1ccc(CN(C(=O)N2CCSCC2)c2ccc(OC3CCN(Cc4ccccc4)CC3)cc2)c(F)c1. The van der Waals surface area contributed by atoms with E-state index < -0.39 is 11.8 Å². The number of halogens is 1. The quantitative estimate of drug-likeness (QED) is 0.314. The number of carbonyl (C=O) groups is 2. The van der Waals surface area contributed by atoms with Gasteiger partial charge in [-0.1, -0.05) is 36.4 Å². The van der Waals surface area contributed by atoms with Crippen molar-refractivity contribution in [3.8, 4) is 5.75 Å². The summed E-state index contributed by atoms with van der Waals surface area (Å²) in [6.07, 6.45) is 2.04. The third-order valence-corrected chi connectivity index (χ3v) is 8.49. The fourth-order valence-electron chi connectivity index (χ4n) is 5.21. The van der Waals surface area contributed by atoms with Crippen LogP contribution in [0.3, 0.4) is 0 Å². The van der Waals surface area contributed by atoms with Gasteiger partial charge in [0.25, 0.3) is 0 Å². The Balaban J connectivity index is 1.25. The molecule has 0 spiro atoms. The monoisotopic (exact) mass is 577 g/mol. The number of hydrogen-bond acceptors (Lipinski definition) is 6. The third kappa shape index (κ3) is 7.59. The fourth-order valence-corrected chi connectivity index (χ4v) is 6.11. The first-order valence-corrected chi connectivity index (χ1v) is 15.2. The number of ether oxygens (including phenoxy) is 2. The molecule has 0 aliphatic carbocycles. The molecule has 0 radical (unpaired) electrons. The molecular weight excluding hydrogens is 541 g/mol. The van der Waals surface area contributed by atoms with Crippen molar-refractivity contribution in [3.63, 3.8) is 0 Å². The first-order chi connectivity index (χ1) is 20.0. The highest BCUT2D eigenvalue weighted by atomic mass is 32.2. The largest absolute Gasteiger partial charge is 0.490 e. The Morgan fingerprint density at radius 1 is 0.951 bits per heavy atom. The van der Waals surface area contributed by atoms with E-state index in [1.807, 2.05) is 47.0 Å². The standard InChI is InChI=1S/C32H36FN3O4S/c1-39-31(37)25-7-8-26(30(33)21-25)23-36(32(38)35-17-19-41-20-18-35)27-9-11-28(12-10-27)40-29-13-15-34(16-14-29)22-24-5-3-2-4-6-24/h2-12,21,29H,13-20,22-23H2,1H3. The second-order valence-corrected chi connectivity index (χ2v) is 11.6. The molecule has 0 atom stereocenters. The Kier molecular flexibility index (Phi) is 9.80. The molecule has 9 heteroatoms. The summed E-state index contributed by atoms with van der Waals surface area (Å²) >= 11 is 1.82. The molecule has 7 nitrogen and oxygen atoms in total. The molecule has 0 aromatic heterocycles. The Labute approximate surface area is 245 Å². The van der Waals surface area contributed by atoms with Gasteiger partial charge >= 0.3 is 12.0 Å². The minimum Gasteiger partial charge on any atom is -0.490 e. The van der Waals surface area contributed by atoms with Crippen molar-refractivity contribution in [2.24, 2.45) is 0 Å². The number of nitrogens with zero attached hydrogens (tertiary/aromatic N) is 3. The van der Waals surface area contributed by atoms with Crippen molar-refractivity contribution in [1.82, 2.24) is 9.80 Å². The zero-order valence-electron chi connectivity index (χ0n) is 23.3. The molecule has 2 aliphatic rings. The summed E-state index contributed by atoms with van der Waals surface area (Å²) in [5.41, 5.74) is 2.44. The number of urea groups is 1. The maximum absolute atomic E-state index is 15.0. The predicted molar refractivity (Wildman–Crippen MR) is 160 cm³/mol. The van der Waals surface area contributed by atoms with Crippen molar-refractivity contribution >= 4 is 29.4 Å². The van der Waals surface area contributed by atoms with Gasteiger partial charge in [0.2, 0.25) is 0 Å². The van der Waals surface area contributed by atoms with Crippen LogP contribution in [-0.2, 0) is 17.8 Å². The van der Waals surface area contributed by atoms with Crippen molar-refractivity contribution in [2.75, 3.05) is 49.7 Å². The van der Waals surface area contributed by atoms with E-state index in [0.29, 0.717) is 24.3 Å². The zero-order chi connectivity index (χ0) is 28.6. The summed E-state index contributed by atoms with van der Waals surface area (Å²) in [5, 5.41) is 0. The molecule has 3 aromatic rings. The first-order valence-electron chi connectivity index (χ1n) is 14.0. The Morgan fingerprint density at radius 2 is 1.66 bits per heavy atom. The van der Waals surface area contributed by atoms with Crippen LogP contribution in [0.25, 0.3) is 0 Å². The second kappa shape index (κ2) is 13.9. The molecule has 2 fully saturated rings. The van der Waals surface area contributed by atoms with Crippen LogP contribution in [0.5, 0.6) is 5.75 Å². The maximum Gasteiger partial charge on any atom is 0.337 e. The zero-order valence-corrected chi connectivity index (χ0v) is 24.2. The normalized spacial score (nSPS) is 16.3. The number of rotatable bonds is 8. The van der Waals surface area contributed by atoms with Crippen molar-refractivity contribution < 1.29 is 23.5 Å². The molecule has 0 bridgehead atoms. The lowest BCUT2D eigenvalue weighted by molar-refractivity contribution is 0.0600. The lowest BCUT2D eigenvalue weighted by Crippen LogP contribution is -2.46. The molecule has 5 rings (SSSR count). The maximum atomic E-state index is 15.0. The van der Waals surface area contributed by atoms with Crippen LogP contribution in [0.1, 0.15) is 34.3 Å². The van der Waals surface area contributed by atoms with Gasteiger partial charge in [-0.25, -0.2) is 14.0 Å². The minimum absolute atomic E-state index is 0.0375. The predicted octanol–water partition coefficient (Wildman–Crippen LogP) is 5.83. The average Bonchev–Trinajstić information content (AvgIpc) is 3.02. The van der Waals surface area contributed by atoms with Crippen LogP contribution < -0.4 is 9.64 Å². The van der Waals surface area contributed by atoms with Crippen LogP contribution in [0.4, 0.5) is 14.9 Å². The molecule has 216 valence electrons. The highest BCUT2D eigenvalue weighted by molar-refractivity contribution is 7.99. The van der Waals surface area contributed by atoms with Gasteiger partial charge in [-0.05, 0) is 54.8 Å². The number of thioether (sulfide) groups is 1. The van der Waals surface area contributed by atoms with Crippen LogP contribution >= 0.6 is 11.8 Å². The third-order valence-electron chi connectivity index (χ3n) is 7.55. The lowest BCUT2D eigenvalue weighted by Gasteiger charge is -2.33. The summed E-state index contributed by atoms with van der Waals surface area (Å²) in [5.74, 6) is 1.34. The van der Waals surface area contributed by atoms with Crippen LogP contribution in [0, 0.1) is 5.82 Å². The van der Waals surface area contributed by atoms with Gasteiger partial charge in [0, 0.05) is 55.5 Å². The van der Waals surface area contributed by atoms with Crippen molar-refractivity contribution in [3.05, 3.63) is 95.3 Å². The number of likely N-dealkylation sites (tertiary alicyclic amines) is 1. The van der Waals surface area contributed by atoms with Gasteiger partial charge in [0.05, 0.1) is 19.2 Å². The number of benzene rings is 3. The lowest BCUT2D eigenvalue weighted by atomic mass is 10.1. The smallest absolute Gasteiger partial charge is 0.337 e. The summed E-state index contributed by atoms with van der Waals surface area (Å²) < 4.78 is 26.0. The number of hydrogen-bond donors (Lipinski definition) is 0. The molecule has 0 N–H and O–H groups in total. The molecular formula is C32H36FN3O4S. The Morgan fingerprint density at radius 3 is 2.32 bits per heavy atom. The van der Waals surface area contributed by atoms with Gasteiger partial charge in [-0.15, -0.1) is 0 Å². The minimum atomic E-state index is -0.605. The molecule has 0 saturated carbocycles. The first kappa shape index (κ1) is 29.0. The molecule has 0 unspecified atom stereocenters. The van der Waals surface area contributed by atoms with E-state index in [-0.39, 0.29) is 24.2 Å². The molecule has 2 amide bonds. The summed E-state index contributed by atoms with van der Waals surface area (Å²) in [6.45, 7) is 4.24. The van der Waals surface area contributed by atoms with Gasteiger partial charge < -0.3 is 14.4 Å². The van der Waals surface area contributed by atoms with E-state index in [4.69, 9.17) is 9.47 Å². The van der Waals surface area contributed by atoms with E-state index >= 15 is 4.39 Å². The molecule has 2 aliphatic heterocycles. The van der Waals surface area contributed by atoms with Crippen LogP contribution in [-0.4, -0.2) is 72.7 Å². The van der Waals surface area contributed by atoms with Crippen molar-refractivity contribution in [2.45, 2.75) is 32.0 Å². The van der Waals surface area contributed by atoms with Crippen molar-refractivity contribution in [1.29, 1.82) is 0 Å². The molecule has 2 heterocycles. The number of piperidine rings is 1. The highest BCUT2D eigenvalue weighted by Gasteiger charge is 2.26. The van der Waals surface area contributed by atoms with E-state index in [9.17, 15) is 9.59 Å². The van der Waals surface area contributed by atoms with Crippen LogP contribution in [0.2, 0.25) is 0 Å². The summed E-state index contributed by atoms with van der Waals surface area (Å²) in [4.78, 5) is 31.3. The van der Waals surface area contributed by atoms with Crippen LogP contribution in [0.15, 0.2) is 72.8 Å². The van der Waals surface area contributed by atoms with Gasteiger partial charge in [-0.2, -0.15) is 11.8 Å². The molecule has 2 saturated heterocycles. The number of anilines is 1. The number of amides is 2. The van der Waals surface area contributed by atoms with E-state index in [0.717, 1.165) is 55.8 Å². The topological polar surface area (TPSA) is 62.3 Å². The number of carbonyl (C=O) groups excluding carboxylic acids is 2. The highest BCUT2D eigenvalue weighted by Crippen LogP contribution is 2.27. The molecule has 41 heavy (non-hydrogen) atoms. The van der Waals surface area contributed by atoms with E-state index in [2.05, 4.69) is 29.2 Å². The second-order valence-electron chi connectivity index (χ2n) is 10.3. The Bertz CT molecular complexity index is 1310. The number of esters is 1. The van der Waals surface area contributed by atoms with E-state index in [1.54, 1.807) is 4.90 Å².